The quantitative estimate of drug-likeness (QED) is 0.767. The van der Waals surface area contributed by atoms with Crippen molar-refractivity contribution in [3.8, 4) is 0 Å². The maximum absolute atomic E-state index is 12.3. The van der Waals surface area contributed by atoms with Crippen molar-refractivity contribution in [2.75, 3.05) is 37.7 Å². The number of carbonyl (C=O) groups excluding carboxylic acids is 2. The zero-order valence-electron chi connectivity index (χ0n) is 17.1. The normalized spacial score (nSPS) is 24.3. The highest BCUT2D eigenvalue weighted by molar-refractivity contribution is 5.95. The number of piperazine rings is 1. The molecule has 3 saturated heterocycles. The lowest BCUT2D eigenvalue weighted by Crippen LogP contribution is -2.62. The van der Waals surface area contributed by atoms with E-state index in [0.29, 0.717) is 19.6 Å². The Hall–Kier alpha value is -2.86. The van der Waals surface area contributed by atoms with Crippen LogP contribution in [0.1, 0.15) is 24.0 Å². The smallest absolute Gasteiger partial charge is 0.410 e. The molecule has 0 aliphatic carbocycles. The molecule has 30 heavy (non-hydrogen) atoms. The predicted octanol–water partition coefficient (Wildman–Crippen LogP) is 3.06. The van der Waals surface area contributed by atoms with Gasteiger partial charge < -0.3 is 9.64 Å². The highest BCUT2D eigenvalue weighted by Crippen LogP contribution is 2.33. The summed E-state index contributed by atoms with van der Waals surface area (Å²) in [7, 11) is 0. The van der Waals surface area contributed by atoms with E-state index in [1.807, 2.05) is 28.0 Å². The third-order valence-corrected chi connectivity index (χ3v) is 6.52. The molecule has 1 atom stereocenters. The SMILES string of the molecule is O=C1CCCN1c1ccc(CN2CCN3C(=O)OCC3(Cc3ccccc3)C2)cc1. The number of benzene rings is 2. The zero-order valence-corrected chi connectivity index (χ0v) is 17.1. The second-order valence-corrected chi connectivity index (χ2v) is 8.62. The molecule has 3 fully saturated rings. The molecule has 0 spiro atoms. The van der Waals surface area contributed by atoms with Gasteiger partial charge in [0, 0.05) is 51.3 Å². The first-order valence-corrected chi connectivity index (χ1v) is 10.7. The summed E-state index contributed by atoms with van der Waals surface area (Å²) in [5.41, 5.74) is 3.13. The largest absolute Gasteiger partial charge is 0.447 e. The van der Waals surface area contributed by atoms with E-state index in [1.54, 1.807) is 0 Å². The molecule has 5 rings (SSSR count). The zero-order chi connectivity index (χ0) is 20.6. The first-order valence-electron chi connectivity index (χ1n) is 10.7. The standard InChI is InChI=1S/C24H27N3O3/c28-22-7-4-12-26(22)21-10-8-20(9-11-21)16-25-13-14-27-23(29)30-18-24(27,17-25)15-19-5-2-1-3-6-19/h1-3,5-6,8-11H,4,7,12-18H2. The van der Waals surface area contributed by atoms with Crippen molar-refractivity contribution in [1.82, 2.24) is 9.80 Å². The Bertz CT molecular complexity index is 930. The van der Waals surface area contributed by atoms with Crippen LogP contribution in [-0.4, -0.2) is 60.1 Å². The van der Waals surface area contributed by atoms with Gasteiger partial charge in [0.1, 0.15) is 6.61 Å². The van der Waals surface area contributed by atoms with E-state index in [1.165, 1.54) is 11.1 Å². The lowest BCUT2D eigenvalue weighted by molar-refractivity contribution is -0.117. The van der Waals surface area contributed by atoms with Gasteiger partial charge in [0.2, 0.25) is 5.91 Å². The minimum absolute atomic E-state index is 0.190. The number of cyclic esters (lactones) is 1. The topological polar surface area (TPSA) is 53.1 Å². The number of fused-ring (bicyclic) bond motifs is 1. The summed E-state index contributed by atoms with van der Waals surface area (Å²) in [6.07, 6.45) is 2.20. The van der Waals surface area contributed by atoms with Gasteiger partial charge in [-0.15, -0.1) is 0 Å². The van der Waals surface area contributed by atoms with Crippen LogP contribution in [0.3, 0.4) is 0 Å². The average molecular weight is 405 g/mol. The molecule has 3 heterocycles. The Morgan fingerprint density at radius 3 is 2.43 bits per heavy atom. The average Bonchev–Trinajstić information content (AvgIpc) is 3.32. The summed E-state index contributed by atoms with van der Waals surface area (Å²) < 4.78 is 5.48. The molecular formula is C24H27N3O3. The number of hydrogen-bond acceptors (Lipinski definition) is 4. The summed E-state index contributed by atoms with van der Waals surface area (Å²) >= 11 is 0. The number of ether oxygens (including phenoxy) is 1. The number of rotatable bonds is 5. The molecule has 0 saturated carbocycles. The molecule has 0 radical (unpaired) electrons. The van der Waals surface area contributed by atoms with Gasteiger partial charge in [-0.3, -0.25) is 14.6 Å². The van der Waals surface area contributed by atoms with Crippen LogP contribution >= 0.6 is 0 Å². The Morgan fingerprint density at radius 1 is 0.900 bits per heavy atom. The maximum atomic E-state index is 12.3. The molecule has 0 aromatic heterocycles. The number of amides is 2. The Balaban J connectivity index is 1.30. The number of hydrogen-bond donors (Lipinski definition) is 0. The first kappa shape index (κ1) is 19.1. The van der Waals surface area contributed by atoms with E-state index < -0.39 is 0 Å². The molecule has 156 valence electrons. The number of anilines is 1. The van der Waals surface area contributed by atoms with Crippen molar-refractivity contribution in [2.24, 2.45) is 0 Å². The number of nitrogens with zero attached hydrogens (tertiary/aromatic N) is 3. The summed E-state index contributed by atoms with van der Waals surface area (Å²) in [6.45, 7) is 4.39. The molecule has 3 aliphatic rings. The van der Waals surface area contributed by atoms with Crippen molar-refractivity contribution in [3.05, 3.63) is 65.7 Å². The molecule has 0 bridgehead atoms. The van der Waals surface area contributed by atoms with Gasteiger partial charge in [0.15, 0.2) is 0 Å². The van der Waals surface area contributed by atoms with Gasteiger partial charge in [-0.25, -0.2) is 4.79 Å². The highest BCUT2D eigenvalue weighted by atomic mass is 16.6. The minimum atomic E-state index is -0.307. The minimum Gasteiger partial charge on any atom is -0.447 e. The molecule has 3 aliphatic heterocycles. The second kappa shape index (κ2) is 7.76. The van der Waals surface area contributed by atoms with Gasteiger partial charge in [-0.05, 0) is 29.7 Å². The van der Waals surface area contributed by atoms with Crippen molar-refractivity contribution >= 4 is 17.7 Å². The van der Waals surface area contributed by atoms with E-state index in [2.05, 4.69) is 41.3 Å². The monoisotopic (exact) mass is 405 g/mol. The molecule has 2 aromatic carbocycles. The van der Waals surface area contributed by atoms with Crippen LogP contribution in [0.2, 0.25) is 0 Å². The summed E-state index contributed by atoms with van der Waals surface area (Å²) in [6, 6.07) is 18.7. The molecule has 0 N–H and O–H groups in total. The van der Waals surface area contributed by atoms with Gasteiger partial charge >= 0.3 is 6.09 Å². The summed E-state index contributed by atoms with van der Waals surface area (Å²) in [4.78, 5) is 30.5. The van der Waals surface area contributed by atoms with E-state index in [0.717, 1.165) is 44.7 Å². The highest BCUT2D eigenvalue weighted by Gasteiger charge is 2.50. The molecule has 6 nitrogen and oxygen atoms in total. The molecule has 1 unspecified atom stereocenters. The molecular weight excluding hydrogens is 378 g/mol. The fourth-order valence-electron chi connectivity index (χ4n) is 5.02. The van der Waals surface area contributed by atoms with Crippen LogP contribution in [-0.2, 0) is 22.5 Å². The van der Waals surface area contributed by atoms with Crippen molar-refractivity contribution in [2.45, 2.75) is 31.3 Å². The molecule has 2 aromatic rings. The number of carbonyl (C=O) groups is 2. The molecule has 6 heteroatoms. The molecule has 2 amide bonds. The fraction of sp³-hybridized carbons (Fsp3) is 0.417. The first-order chi connectivity index (χ1) is 14.6. The third kappa shape index (κ3) is 3.56. The van der Waals surface area contributed by atoms with Gasteiger partial charge in [0.05, 0.1) is 5.54 Å². The van der Waals surface area contributed by atoms with Crippen LogP contribution in [0.25, 0.3) is 0 Å². The van der Waals surface area contributed by atoms with Crippen molar-refractivity contribution < 1.29 is 14.3 Å². The van der Waals surface area contributed by atoms with Gasteiger partial charge in [0.25, 0.3) is 0 Å². The van der Waals surface area contributed by atoms with Crippen LogP contribution in [0.5, 0.6) is 0 Å². The van der Waals surface area contributed by atoms with Crippen LogP contribution in [0.15, 0.2) is 54.6 Å². The Kier molecular flexibility index (Phi) is 4.95. The Morgan fingerprint density at radius 2 is 1.70 bits per heavy atom. The van der Waals surface area contributed by atoms with E-state index in [-0.39, 0.29) is 17.5 Å². The van der Waals surface area contributed by atoms with Gasteiger partial charge in [-0.2, -0.15) is 0 Å². The van der Waals surface area contributed by atoms with E-state index >= 15 is 0 Å². The van der Waals surface area contributed by atoms with Crippen LogP contribution < -0.4 is 4.90 Å². The van der Waals surface area contributed by atoms with E-state index in [4.69, 9.17) is 4.74 Å². The van der Waals surface area contributed by atoms with E-state index in [9.17, 15) is 9.59 Å². The summed E-state index contributed by atoms with van der Waals surface area (Å²) in [5.74, 6) is 0.215. The Labute approximate surface area is 177 Å². The lowest BCUT2D eigenvalue weighted by atomic mass is 9.88. The lowest BCUT2D eigenvalue weighted by Gasteiger charge is -2.45. The van der Waals surface area contributed by atoms with Crippen molar-refractivity contribution in [3.63, 3.8) is 0 Å². The van der Waals surface area contributed by atoms with Crippen LogP contribution in [0.4, 0.5) is 10.5 Å². The summed E-state index contributed by atoms with van der Waals surface area (Å²) in [5, 5.41) is 0. The van der Waals surface area contributed by atoms with Gasteiger partial charge in [-0.1, -0.05) is 42.5 Å². The second-order valence-electron chi connectivity index (χ2n) is 8.62. The maximum Gasteiger partial charge on any atom is 0.410 e. The third-order valence-electron chi connectivity index (χ3n) is 6.52. The predicted molar refractivity (Wildman–Crippen MR) is 114 cm³/mol. The van der Waals surface area contributed by atoms with Crippen LogP contribution in [0, 0.1) is 0 Å². The van der Waals surface area contributed by atoms with Crippen molar-refractivity contribution in [1.29, 1.82) is 0 Å². The fourth-order valence-corrected chi connectivity index (χ4v) is 5.02.